The van der Waals surface area contributed by atoms with Crippen molar-refractivity contribution in [2.45, 2.75) is 39.8 Å². The minimum Gasteiger partial charge on any atom is -0.480 e. The zero-order chi connectivity index (χ0) is 14.6. The van der Waals surface area contributed by atoms with Crippen molar-refractivity contribution >= 4 is 12.0 Å². The number of hydrogen-bond acceptors (Lipinski definition) is 2. The summed E-state index contributed by atoms with van der Waals surface area (Å²) in [7, 11) is 0. The summed E-state index contributed by atoms with van der Waals surface area (Å²) in [5, 5.41) is 14.0. The molecule has 1 aromatic rings. The first-order valence-electron chi connectivity index (χ1n) is 6.07. The molecule has 0 aliphatic carbocycles. The van der Waals surface area contributed by atoms with Crippen LogP contribution in [0, 0.1) is 13.8 Å². The van der Waals surface area contributed by atoms with Gasteiger partial charge in [0.15, 0.2) is 0 Å². The molecule has 19 heavy (non-hydrogen) atoms. The third-order valence-electron chi connectivity index (χ3n) is 2.70. The van der Waals surface area contributed by atoms with Crippen LogP contribution in [0.25, 0.3) is 0 Å². The highest BCUT2D eigenvalue weighted by molar-refractivity contribution is 5.85. The van der Waals surface area contributed by atoms with Crippen LogP contribution in [-0.4, -0.2) is 22.6 Å². The van der Waals surface area contributed by atoms with Crippen LogP contribution in [0.5, 0.6) is 0 Å². The predicted octanol–water partition coefficient (Wildman–Crippen LogP) is 1.97. The summed E-state index contributed by atoms with van der Waals surface area (Å²) in [5.74, 6) is -1.07. The van der Waals surface area contributed by atoms with E-state index in [1.807, 2.05) is 26.0 Å². The van der Waals surface area contributed by atoms with E-state index >= 15 is 0 Å². The Labute approximate surface area is 113 Å². The van der Waals surface area contributed by atoms with E-state index in [4.69, 9.17) is 5.11 Å². The number of aliphatic carboxylic acids is 1. The van der Waals surface area contributed by atoms with E-state index in [1.165, 1.54) is 13.8 Å². The number of amides is 2. The van der Waals surface area contributed by atoms with E-state index < -0.39 is 17.5 Å². The molecule has 2 amide bonds. The molecule has 0 fully saturated rings. The van der Waals surface area contributed by atoms with Crippen LogP contribution >= 0.6 is 0 Å². The van der Waals surface area contributed by atoms with E-state index in [0.29, 0.717) is 6.54 Å². The van der Waals surface area contributed by atoms with E-state index in [-0.39, 0.29) is 0 Å². The van der Waals surface area contributed by atoms with Crippen molar-refractivity contribution in [3.05, 3.63) is 34.9 Å². The van der Waals surface area contributed by atoms with Crippen LogP contribution in [-0.2, 0) is 11.3 Å². The van der Waals surface area contributed by atoms with Gasteiger partial charge < -0.3 is 15.7 Å². The number of carboxylic acids is 1. The van der Waals surface area contributed by atoms with Crippen molar-refractivity contribution < 1.29 is 14.7 Å². The molecule has 0 aliphatic rings. The Morgan fingerprint density at radius 1 is 1.16 bits per heavy atom. The summed E-state index contributed by atoms with van der Waals surface area (Å²) >= 11 is 0. The van der Waals surface area contributed by atoms with Gasteiger partial charge in [0.2, 0.25) is 0 Å². The molecule has 0 saturated carbocycles. The van der Waals surface area contributed by atoms with Crippen LogP contribution in [0.4, 0.5) is 4.79 Å². The van der Waals surface area contributed by atoms with Crippen molar-refractivity contribution in [2.75, 3.05) is 0 Å². The maximum Gasteiger partial charge on any atom is 0.328 e. The lowest BCUT2D eigenvalue weighted by Gasteiger charge is -2.21. The molecular formula is C14H20N2O3. The van der Waals surface area contributed by atoms with Crippen molar-refractivity contribution in [3.63, 3.8) is 0 Å². The zero-order valence-corrected chi connectivity index (χ0v) is 11.7. The van der Waals surface area contributed by atoms with Gasteiger partial charge in [-0.2, -0.15) is 0 Å². The minimum absolute atomic E-state index is 0.365. The third-order valence-corrected chi connectivity index (χ3v) is 2.70. The maximum absolute atomic E-state index is 11.6. The fourth-order valence-electron chi connectivity index (χ4n) is 1.73. The molecule has 3 N–H and O–H groups in total. The van der Waals surface area contributed by atoms with Crippen LogP contribution < -0.4 is 10.6 Å². The summed E-state index contributed by atoms with van der Waals surface area (Å²) in [4.78, 5) is 22.5. The van der Waals surface area contributed by atoms with Gasteiger partial charge >= 0.3 is 12.0 Å². The van der Waals surface area contributed by atoms with Gasteiger partial charge in [0.1, 0.15) is 5.54 Å². The van der Waals surface area contributed by atoms with Crippen molar-refractivity contribution in [1.29, 1.82) is 0 Å². The zero-order valence-electron chi connectivity index (χ0n) is 11.7. The molecule has 0 aromatic heterocycles. The molecule has 0 radical (unpaired) electrons. The summed E-state index contributed by atoms with van der Waals surface area (Å²) in [5.41, 5.74) is 1.96. The molecule has 0 aliphatic heterocycles. The molecule has 5 heteroatoms. The van der Waals surface area contributed by atoms with Crippen LogP contribution in [0.3, 0.4) is 0 Å². The molecule has 0 saturated heterocycles. The topological polar surface area (TPSA) is 78.4 Å². The second kappa shape index (κ2) is 5.73. The van der Waals surface area contributed by atoms with Crippen molar-refractivity contribution in [3.8, 4) is 0 Å². The number of nitrogens with one attached hydrogen (secondary N) is 2. The van der Waals surface area contributed by atoms with Gasteiger partial charge in [-0.15, -0.1) is 0 Å². The number of carbonyl (C=O) groups is 2. The Morgan fingerprint density at radius 3 is 2.16 bits per heavy atom. The molecule has 1 rings (SSSR count). The first kappa shape index (κ1) is 15.0. The van der Waals surface area contributed by atoms with Crippen LogP contribution in [0.1, 0.15) is 30.5 Å². The Kier molecular flexibility index (Phi) is 4.53. The number of rotatable bonds is 4. The Hall–Kier alpha value is -2.04. The van der Waals surface area contributed by atoms with Gasteiger partial charge in [0, 0.05) is 6.54 Å². The number of aryl methyl sites for hydroxylation is 2. The van der Waals surface area contributed by atoms with Gasteiger partial charge in [-0.1, -0.05) is 29.3 Å². The number of carbonyl (C=O) groups excluding carboxylic acids is 1. The predicted molar refractivity (Wildman–Crippen MR) is 73.0 cm³/mol. The lowest BCUT2D eigenvalue weighted by molar-refractivity contribution is -0.142. The van der Waals surface area contributed by atoms with E-state index in [9.17, 15) is 9.59 Å². The third kappa shape index (κ3) is 4.62. The summed E-state index contributed by atoms with van der Waals surface area (Å²) < 4.78 is 0. The molecular weight excluding hydrogens is 244 g/mol. The average Bonchev–Trinajstić information content (AvgIpc) is 2.24. The van der Waals surface area contributed by atoms with Crippen LogP contribution in [0.2, 0.25) is 0 Å². The lowest BCUT2D eigenvalue weighted by atomic mass is 10.1. The minimum atomic E-state index is -1.29. The second-order valence-electron chi connectivity index (χ2n) is 5.23. The number of benzene rings is 1. The first-order valence-corrected chi connectivity index (χ1v) is 6.07. The fraction of sp³-hybridized carbons (Fsp3) is 0.429. The molecule has 0 bridgehead atoms. The largest absolute Gasteiger partial charge is 0.480 e. The number of carboxylic acid groups (broad SMARTS) is 1. The standard InChI is InChI=1S/C14H20N2O3/c1-9-5-10(2)7-11(6-9)8-15-13(19)16-14(3,4)12(17)18/h5-7H,8H2,1-4H3,(H,17,18)(H2,15,16,19). The Bertz CT molecular complexity index is 475. The van der Waals surface area contributed by atoms with Crippen LogP contribution in [0.15, 0.2) is 18.2 Å². The summed E-state index contributed by atoms with van der Waals surface area (Å²) in [6, 6.07) is 5.52. The van der Waals surface area contributed by atoms with E-state index in [0.717, 1.165) is 16.7 Å². The molecule has 0 unspecified atom stereocenters. The summed E-state index contributed by atoms with van der Waals surface area (Å²) in [6.07, 6.45) is 0. The number of urea groups is 1. The summed E-state index contributed by atoms with van der Waals surface area (Å²) in [6.45, 7) is 7.22. The van der Waals surface area contributed by atoms with Gasteiger partial charge in [-0.05, 0) is 33.3 Å². The lowest BCUT2D eigenvalue weighted by Crippen LogP contribution is -2.52. The van der Waals surface area contributed by atoms with E-state index in [2.05, 4.69) is 16.7 Å². The Morgan fingerprint density at radius 2 is 1.68 bits per heavy atom. The van der Waals surface area contributed by atoms with Gasteiger partial charge in [0.05, 0.1) is 0 Å². The highest BCUT2D eigenvalue weighted by Crippen LogP contribution is 2.08. The molecule has 5 nitrogen and oxygen atoms in total. The van der Waals surface area contributed by atoms with E-state index in [1.54, 1.807) is 0 Å². The fourth-order valence-corrected chi connectivity index (χ4v) is 1.73. The normalized spacial score (nSPS) is 10.9. The Balaban J connectivity index is 2.57. The van der Waals surface area contributed by atoms with Gasteiger partial charge in [-0.25, -0.2) is 9.59 Å². The first-order chi connectivity index (χ1) is 8.70. The highest BCUT2D eigenvalue weighted by atomic mass is 16.4. The monoisotopic (exact) mass is 264 g/mol. The highest BCUT2D eigenvalue weighted by Gasteiger charge is 2.28. The number of hydrogen-bond donors (Lipinski definition) is 3. The smallest absolute Gasteiger partial charge is 0.328 e. The molecule has 0 atom stereocenters. The molecule has 0 spiro atoms. The SMILES string of the molecule is Cc1cc(C)cc(CNC(=O)NC(C)(C)C(=O)O)c1. The molecule has 1 aromatic carbocycles. The molecule has 104 valence electrons. The average molecular weight is 264 g/mol. The maximum atomic E-state index is 11.6. The van der Waals surface area contributed by atoms with Crippen molar-refractivity contribution in [2.24, 2.45) is 0 Å². The molecule has 0 heterocycles. The quantitative estimate of drug-likeness (QED) is 0.778. The van der Waals surface area contributed by atoms with Gasteiger partial charge in [0.25, 0.3) is 0 Å². The van der Waals surface area contributed by atoms with Crippen molar-refractivity contribution in [1.82, 2.24) is 10.6 Å². The second-order valence-corrected chi connectivity index (χ2v) is 5.23. The van der Waals surface area contributed by atoms with Gasteiger partial charge in [-0.3, -0.25) is 0 Å².